The summed E-state index contributed by atoms with van der Waals surface area (Å²) in [6, 6.07) is 4.21. The van der Waals surface area contributed by atoms with E-state index in [2.05, 4.69) is 0 Å². The van der Waals surface area contributed by atoms with Crippen LogP contribution in [0.5, 0.6) is 0 Å². The Morgan fingerprint density at radius 2 is 1.95 bits per heavy atom. The first kappa shape index (κ1) is 17.7. The first-order valence-corrected chi connectivity index (χ1v) is 6.20. The highest BCUT2D eigenvalue weighted by atomic mass is 35.5. The number of amides is 1. The molecule has 0 saturated carbocycles. The molecule has 0 bridgehead atoms. The van der Waals surface area contributed by atoms with Gasteiger partial charge in [0.05, 0.1) is 18.3 Å². The lowest BCUT2D eigenvalue weighted by atomic mass is 10.1. The van der Waals surface area contributed by atoms with Crippen molar-refractivity contribution in [3.8, 4) is 0 Å². The van der Waals surface area contributed by atoms with Crippen molar-refractivity contribution in [3.63, 3.8) is 0 Å². The van der Waals surface area contributed by atoms with E-state index in [1.54, 1.807) is 4.90 Å². The van der Waals surface area contributed by atoms with Gasteiger partial charge < -0.3 is 15.4 Å². The van der Waals surface area contributed by atoms with Crippen molar-refractivity contribution in [2.75, 3.05) is 26.2 Å². The molecule has 4 nitrogen and oxygen atoms in total. The Balaban J connectivity index is 0.00000220. The summed E-state index contributed by atoms with van der Waals surface area (Å²) in [7, 11) is 0. The summed E-state index contributed by atoms with van der Waals surface area (Å²) < 4.78 is 42.7. The molecule has 8 heteroatoms. The number of hydrogen-bond acceptors (Lipinski definition) is 3. The van der Waals surface area contributed by atoms with Gasteiger partial charge in [0, 0.05) is 25.2 Å². The minimum atomic E-state index is -4.40. The second-order valence-corrected chi connectivity index (χ2v) is 4.55. The van der Waals surface area contributed by atoms with Crippen molar-refractivity contribution >= 4 is 18.3 Å². The van der Waals surface area contributed by atoms with Crippen LogP contribution in [-0.4, -0.2) is 43.2 Å². The van der Waals surface area contributed by atoms with Gasteiger partial charge >= 0.3 is 6.18 Å². The molecule has 0 radical (unpaired) electrons. The number of nitrogens with two attached hydrogens (primary N) is 1. The molecule has 1 aliphatic rings. The third kappa shape index (κ3) is 4.33. The number of benzene rings is 1. The number of alkyl halides is 3. The maximum atomic E-state index is 12.4. The molecule has 0 spiro atoms. The molecule has 1 saturated heterocycles. The lowest BCUT2D eigenvalue weighted by Gasteiger charge is -2.32. The number of carbonyl (C=O) groups excluding carboxylic acids is 1. The number of morpholine rings is 1. The summed E-state index contributed by atoms with van der Waals surface area (Å²) in [5.41, 5.74) is 4.95. The smallest absolute Gasteiger partial charge is 0.373 e. The van der Waals surface area contributed by atoms with Crippen LogP contribution in [0.3, 0.4) is 0 Å². The van der Waals surface area contributed by atoms with Crippen molar-refractivity contribution in [1.82, 2.24) is 4.90 Å². The normalized spacial score (nSPS) is 19.0. The number of halogens is 4. The third-order valence-electron chi connectivity index (χ3n) is 3.15. The topological polar surface area (TPSA) is 55.6 Å². The molecule has 1 amide bonds. The summed E-state index contributed by atoms with van der Waals surface area (Å²) in [5.74, 6) is -0.305. The lowest BCUT2D eigenvalue weighted by Crippen LogP contribution is -2.48. The number of ether oxygens (including phenoxy) is 1. The first-order valence-electron chi connectivity index (χ1n) is 6.20. The number of carbonyl (C=O) groups is 1. The van der Waals surface area contributed by atoms with E-state index >= 15 is 0 Å². The summed E-state index contributed by atoms with van der Waals surface area (Å²) in [4.78, 5) is 13.7. The second-order valence-electron chi connectivity index (χ2n) is 4.55. The number of hydrogen-bond donors (Lipinski definition) is 1. The van der Waals surface area contributed by atoms with Crippen LogP contribution >= 0.6 is 12.4 Å². The largest absolute Gasteiger partial charge is 0.416 e. The molecule has 118 valence electrons. The average Bonchev–Trinajstić information content (AvgIpc) is 2.46. The average molecular weight is 325 g/mol. The SMILES string of the molecule is Cl.NCC1CN(C(=O)c2ccc(C(F)(F)F)cc2)CCO1. The van der Waals surface area contributed by atoms with Crippen LogP contribution in [0.15, 0.2) is 24.3 Å². The standard InChI is InChI=1S/C13H15F3N2O2.ClH/c14-13(15,16)10-3-1-9(2-4-10)12(19)18-5-6-20-11(7-17)8-18;/h1-4,11H,5-8,17H2;1H. The fraction of sp³-hybridized carbons (Fsp3) is 0.462. The molecular weight excluding hydrogens is 309 g/mol. The van der Waals surface area contributed by atoms with E-state index in [4.69, 9.17) is 10.5 Å². The van der Waals surface area contributed by atoms with Gasteiger partial charge in [-0.1, -0.05) is 0 Å². The van der Waals surface area contributed by atoms with Gasteiger partial charge in [-0.25, -0.2) is 0 Å². The fourth-order valence-corrected chi connectivity index (χ4v) is 2.03. The van der Waals surface area contributed by atoms with Crippen LogP contribution in [0.25, 0.3) is 0 Å². The predicted octanol–water partition coefficient (Wildman–Crippen LogP) is 1.93. The summed E-state index contributed by atoms with van der Waals surface area (Å²) in [6.45, 7) is 1.46. The summed E-state index contributed by atoms with van der Waals surface area (Å²) >= 11 is 0. The highest BCUT2D eigenvalue weighted by Gasteiger charge is 2.31. The molecule has 2 N–H and O–H groups in total. The Hall–Kier alpha value is -1.31. The summed E-state index contributed by atoms with van der Waals surface area (Å²) in [5, 5.41) is 0. The molecule has 1 fully saturated rings. The molecule has 1 aliphatic heterocycles. The highest BCUT2D eigenvalue weighted by Crippen LogP contribution is 2.29. The first-order chi connectivity index (χ1) is 9.41. The van der Waals surface area contributed by atoms with Crippen molar-refractivity contribution in [3.05, 3.63) is 35.4 Å². The highest BCUT2D eigenvalue weighted by molar-refractivity contribution is 5.94. The molecule has 2 rings (SSSR count). The van der Waals surface area contributed by atoms with E-state index < -0.39 is 11.7 Å². The Morgan fingerprint density at radius 3 is 2.48 bits per heavy atom. The Kier molecular flexibility index (Phi) is 6.00. The summed E-state index contributed by atoms with van der Waals surface area (Å²) in [6.07, 6.45) is -4.62. The van der Waals surface area contributed by atoms with Crippen LogP contribution < -0.4 is 5.73 Å². The van der Waals surface area contributed by atoms with Crippen LogP contribution in [0.4, 0.5) is 13.2 Å². The zero-order chi connectivity index (χ0) is 14.8. The maximum absolute atomic E-state index is 12.4. The van der Waals surface area contributed by atoms with Gasteiger partial charge in [0.1, 0.15) is 0 Å². The van der Waals surface area contributed by atoms with E-state index in [0.29, 0.717) is 26.2 Å². The molecule has 1 heterocycles. The molecule has 1 atom stereocenters. The molecule has 0 aromatic heterocycles. The van der Waals surface area contributed by atoms with E-state index in [1.807, 2.05) is 0 Å². The Bertz CT molecular complexity index is 479. The number of nitrogens with zero attached hydrogens (tertiary/aromatic N) is 1. The zero-order valence-corrected chi connectivity index (χ0v) is 11.9. The van der Waals surface area contributed by atoms with Crippen LogP contribution in [0.1, 0.15) is 15.9 Å². The van der Waals surface area contributed by atoms with Gasteiger partial charge in [-0.15, -0.1) is 12.4 Å². The van der Waals surface area contributed by atoms with Crippen LogP contribution in [-0.2, 0) is 10.9 Å². The van der Waals surface area contributed by atoms with Crippen molar-refractivity contribution in [2.24, 2.45) is 5.73 Å². The lowest BCUT2D eigenvalue weighted by molar-refractivity contribution is -0.137. The second kappa shape index (κ2) is 7.11. The van der Waals surface area contributed by atoms with Gasteiger partial charge in [0.15, 0.2) is 0 Å². The Morgan fingerprint density at radius 1 is 1.33 bits per heavy atom. The van der Waals surface area contributed by atoms with Crippen LogP contribution in [0, 0.1) is 0 Å². The number of rotatable bonds is 2. The van der Waals surface area contributed by atoms with E-state index in [0.717, 1.165) is 12.1 Å². The molecule has 1 unspecified atom stereocenters. The van der Waals surface area contributed by atoms with Gasteiger partial charge in [-0.05, 0) is 24.3 Å². The van der Waals surface area contributed by atoms with Crippen LogP contribution in [0.2, 0.25) is 0 Å². The van der Waals surface area contributed by atoms with Gasteiger partial charge in [0.25, 0.3) is 5.91 Å². The van der Waals surface area contributed by atoms with Gasteiger partial charge in [-0.2, -0.15) is 13.2 Å². The van der Waals surface area contributed by atoms with E-state index in [-0.39, 0.29) is 30.0 Å². The third-order valence-corrected chi connectivity index (χ3v) is 3.15. The minimum absolute atomic E-state index is 0. The quantitative estimate of drug-likeness (QED) is 0.904. The van der Waals surface area contributed by atoms with E-state index in [1.165, 1.54) is 12.1 Å². The van der Waals surface area contributed by atoms with E-state index in [9.17, 15) is 18.0 Å². The molecule has 1 aromatic carbocycles. The molecule has 21 heavy (non-hydrogen) atoms. The van der Waals surface area contributed by atoms with Crippen molar-refractivity contribution < 1.29 is 22.7 Å². The molecule has 0 aliphatic carbocycles. The predicted molar refractivity (Wildman–Crippen MR) is 73.4 cm³/mol. The van der Waals surface area contributed by atoms with Crippen molar-refractivity contribution in [1.29, 1.82) is 0 Å². The van der Waals surface area contributed by atoms with Gasteiger partial charge in [-0.3, -0.25) is 4.79 Å². The molecule has 1 aromatic rings. The van der Waals surface area contributed by atoms with Gasteiger partial charge in [0.2, 0.25) is 0 Å². The fourth-order valence-electron chi connectivity index (χ4n) is 2.03. The minimum Gasteiger partial charge on any atom is -0.373 e. The zero-order valence-electron chi connectivity index (χ0n) is 11.1. The van der Waals surface area contributed by atoms with Crippen molar-refractivity contribution in [2.45, 2.75) is 12.3 Å². The maximum Gasteiger partial charge on any atom is 0.416 e. The molecular formula is C13H16ClF3N2O2. The Labute approximate surface area is 126 Å². The monoisotopic (exact) mass is 324 g/mol.